The second-order valence-corrected chi connectivity index (χ2v) is 20.5. The van der Waals surface area contributed by atoms with E-state index in [1.165, 1.54) is 5.19 Å². The van der Waals surface area contributed by atoms with Crippen LogP contribution >= 0.6 is 0 Å². The van der Waals surface area contributed by atoms with Crippen molar-refractivity contribution in [2.45, 2.75) is 82.0 Å². The van der Waals surface area contributed by atoms with Gasteiger partial charge < -0.3 is 34.2 Å². The molecule has 0 saturated carbocycles. The fraction of sp³-hybridized carbons (Fsp3) is 0.463. The summed E-state index contributed by atoms with van der Waals surface area (Å²) in [6.07, 6.45) is 2.17. The van der Waals surface area contributed by atoms with Crippen molar-refractivity contribution in [3.8, 4) is 5.75 Å². The third-order valence-corrected chi connectivity index (χ3v) is 17.1. The molecule has 5 atom stereocenters. The molecule has 53 heavy (non-hydrogen) atoms. The summed E-state index contributed by atoms with van der Waals surface area (Å²) in [7, 11) is -0.866. The Kier molecular flexibility index (Phi) is 8.98. The summed E-state index contributed by atoms with van der Waals surface area (Å²) in [5.74, 6) is 0.336. The monoisotopic (exact) mass is 736 g/mol. The minimum absolute atomic E-state index is 0.0415. The lowest BCUT2D eigenvalue weighted by atomic mass is 9.82. The van der Waals surface area contributed by atoms with Gasteiger partial charge in [-0.25, -0.2) is 0 Å². The summed E-state index contributed by atoms with van der Waals surface area (Å²) in [5.41, 5.74) is 2.41. The van der Waals surface area contributed by atoms with E-state index in [-0.39, 0.29) is 54.2 Å². The van der Waals surface area contributed by atoms with Crippen molar-refractivity contribution in [1.29, 1.82) is 0 Å². The normalized spacial score (nSPS) is 26.7. The molecule has 0 unspecified atom stereocenters. The minimum Gasteiger partial charge on any atom is -0.497 e. The van der Waals surface area contributed by atoms with Gasteiger partial charge in [-0.05, 0) is 66.4 Å². The average Bonchev–Trinajstić information content (AvgIpc) is 3.81. The molecule has 4 amide bonds. The molecule has 3 aromatic carbocycles. The highest BCUT2D eigenvalue weighted by Gasteiger charge is 2.66. The standard InChI is InChI=1S/C41H48N4O7Si/c1-26-39(53(3,4)32-14-12-31(51-2)13-15-32)35(23-38(49)42-19-5-6-30(42)25-46)52-41(26)33-22-29(44-21-18-37(44)48)11-16-34(33)45(40(41)50)24-27-7-9-28(10-8-27)43-20-17-36(43)47/h7-16,22,26,30,35,39,46H,5-6,17-21,23-25H2,1-4H3/t26-,30-,35+,39-,41+/m0/s1. The topological polar surface area (TPSA) is 120 Å². The number of benzene rings is 3. The highest BCUT2D eigenvalue weighted by atomic mass is 28.3. The fourth-order valence-electron chi connectivity index (χ4n) is 9.61. The van der Waals surface area contributed by atoms with E-state index < -0.39 is 19.8 Å². The number of fused-ring (bicyclic) bond motifs is 2. The maximum absolute atomic E-state index is 15.3. The third-order valence-electron chi connectivity index (χ3n) is 12.7. The van der Waals surface area contributed by atoms with Gasteiger partial charge in [0.15, 0.2) is 5.60 Å². The molecule has 12 heteroatoms. The lowest BCUT2D eigenvalue weighted by Crippen LogP contribution is -2.52. The molecule has 4 saturated heterocycles. The molecular formula is C41H48N4O7Si. The smallest absolute Gasteiger partial charge is 0.264 e. The van der Waals surface area contributed by atoms with Crippen LogP contribution in [-0.4, -0.2) is 87.2 Å². The first-order chi connectivity index (χ1) is 25.5. The lowest BCUT2D eigenvalue weighted by molar-refractivity contribution is -0.150. The second kappa shape index (κ2) is 13.4. The molecular weight excluding hydrogens is 689 g/mol. The molecule has 0 bridgehead atoms. The highest BCUT2D eigenvalue weighted by Crippen LogP contribution is 2.60. The van der Waals surface area contributed by atoms with Crippen LogP contribution in [0.2, 0.25) is 18.6 Å². The van der Waals surface area contributed by atoms with Gasteiger partial charge in [0, 0.05) is 55.3 Å². The Balaban J connectivity index is 1.21. The van der Waals surface area contributed by atoms with Crippen molar-refractivity contribution in [3.05, 3.63) is 77.9 Å². The van der Waals surface area contributed by atoms with Gasteiger partial charge in [-0.15, -0.1) is 0 Å². The van der Waals surface area contributed by atoms with Gasteiger partial charge in [-0.3, -0.25) is 19.2 Å². The minimum atomic E-state index is -2.51. The van der Waals surface area contributed by atoms with Crippen LogP contribution in [0.4, 0.5) is 17.1 Å². The van der Waals surface area contributed by atoms with E-state index in [4.69, 9.17) is 9.47 Å². The Morgan fingerprint density at radius 2 is 1.58 bits per heavy atom. The molecule has 5 aliphatic heterocycles. The molecule has 4 fully saturated rings. The quantitative estimate of drug-likeness (QED) is 0.244. The van der Waals surface area contributed by atoms with Crippen LogP contribution < -0.4 is 24.6 Å². The van der Waals surface area contributed by atoms with Gasteiger partial charge in [0.05, 0.1) is 52.6 Å². The predicted octanol–water partition coefficient (Wildman–Crippen LogP) is 4.30. The second-order valence-electron chi connectivity index (χ2n) is 15.8. The average molecular weight is 737 g/mol. The van der Waals surface area contributed by atoms with E-state index in [2.05, 4.69) is 32.2 Å². The molecule has 5 heterocycles. The molecule has 3 aromatic rings. The maximum Gasteiger partial charge on any atom is 0.264 e. The Bertz CT molecular complexity index is 1950. The number of likely N-dealkylation sites (tertiary alicyclic amines) is 1. The van der Waals surface area contributed by atoms with Crippen LogP contribution in [0.15, 0.2) is 66.7 Å². The Labute approximate surface area is 311 Å². The van der Waals surface area contributed by atoms with Crippen LogP contribution in [0.5, 0.6) is 5.75 Å². The zero-order valence-electron chi connectivity index (χ0n) is 30.9. The molecule has 5 aliphatic rings. The molecule has 8 rings (SSSR count). The molecule has 1 spiro atoms. The number of hydrogen-bond acceptors (Lipinski definition) is 7. The Morgan fingerprint density at radius 3 is 2.19 bits per heavy atom. The molecule has 278 valence electrons. The summed E-state index contributed by atoms with van der Waals surface area (Å²) in [5, 5.41) is 11.3. The number of methoxy groups -OCH3 is 1. The highest BCUT2D eigenvalue weighted by molar-refractivity contribution is 6.91. The number of anilines is 3. The van der Waals surface area contributed by atoms with Crippen molar-refractivity contribution in [2.75, 3.05) is 48.1 Å². The summed E-state index contributed by atoms with van der Waals surface area (Å²) in [6, 6.07) is 21.5. The molecule has 0 aromatic heterocycles. The van der Waals surface area contributed by atoms with Crippen LogP contribution in [0.3, 0.4) is 0 Å². The van der Waals surface area contributed by atoms with Crippen molar-refractivity contribution in [1.82, 2.24) is 4.90 Å². The van der Waals surface area contributed by atoms with Gasteiger partial charge in [0.1, 0.15) is 5.75 Å². The van der Waals surface area contributed by atoms with Gasteiger partial charge in [0.25, 0.3) is 5.91 Å². The van der Waals surface area contributed by atoms with E-state index in [9.17, 15) is 19.5 Å². The van der Waals surface area contributed by atoms with Crippen molar-refractivity contribution in [2.24, 2.45) is 5.92 Å². The molecule has 11 nitrogen and oxygen atoms in total. The van der Waals surface area contributed by atoms with Crippen molar-refractivity contribution in [3.63, 3.8) is 0 Å². The van der Waals surface area contributed by atoms with Gasteiger partial charge in [0.2, 0.25) is 17.7 Å². The summed E-state index contributed by atoms with van der Waals surface area (Å²) >= 11 is 0. The van der Waals surface area contributed by atoms with Crippen molar-refractivity contribution < 1.29 is 33.8 Å². The Morgan fingerprint density at radius 1 is 0.925 bits per heavy atom. The van der Waals surface area contributed by atoms with E-state index in [1.54, 1.807) is 26.7 Å². The third kappa shape index (κ3) is 5.68. The number of amides is 4. The molecule has 1 N–H and O–H groups in total. The van der Waals surface area contributed by atoms with Crippen molar-refractivity contribution >= 4 is 54.0 Å². The largest absolute Gasteiger partial charge is 0.497 e. The van der Waals surface area contributed by atoms with E-state index in [0.717, 1.165) is 46.8 Å². The maximum atomic E-state index is 15.3. The van der Waals surface area contributed by atoms with Crippen LogP contribution in [-0.2, 0) is 36.1 Å². The Hall–Kier alpha value is -4.52. The zero-order chi connectivity index (χ0) is 37.2. The first-order valence-electron chi connectivity index (χ1n) is 18.9. The number of rotatable bonds is 10. The van der Waals surface area contributed by atoms with Gasteiger partial charge in [-0.1, -0.05) is 49.5 Å². The summed E-state index contributed by atoms with van der Waals surface area (Å²) in [4.78, 5) is 61.3. The summed E-state index contributed by atoms with van der Waals surface area (Å²) in [6.45, 7) is 8.81. The first kappa shape index (κ1) is 35.5. The first-order valence-corrected chi connectivity index (χ1v) is 21.9. The number of aliphatic hydroxyl groups is 1. The SMILES string of the molecule is COc1ccc([Si](C)(C)[C@@H]2[C@@H](CC(=O)N3CCC[C@H]3CO)O[C@]3(C(=O)N(Cc4ccc(N5CCC5=O)cc4)c4ccc(N5CCC5=O)cc43)[C@H]2C)cc1. The van der Waals surface area contributed by atoms with E-state index in [1.807, 2.05) is 54.6 Å². The number of ether oxygens (including phenoxy) is 2. The zero-order valence-corrected chi connectivity index (χ0v) is 31.9. The van der Waals surface area contributed by atoms with Gasteiger partial charge >= 0.3 is 0 Å². The number of β-lactam (4-membered cyclic amide) rings is 2. The number of carbonyl (C=O) groups excluding carboxylic acids is 4. The number of hydrogen-bond donors (Lipinski definition) is 1. The van der Waals surface area contributed by atoms with Gasteiger partial charge in [-0.2, -0.15) is 0 Å². The molecule has 0 aliphatic carbocycles. The number of nitrogens with zero attached hydrogens (tertiary/aromatic N) is 4. The predicted molar refractivity (Wildman–Crippen MR) is 204 cm³/mol. The van der Waals surface area contributed by atoms with E-state index >= 15 is 4.79 Å². The van der Waals surface area contributed by atoms with Crippen LogP contribution in [0.25, 0.3) is 0 Å². The fourth-order valence-corrected chi connectivity index (χ4v) is 13.6. The van der Waals surface area contributed by atoms with E-state index in [0.29, 0.717) is 39.0 Å². The molecule has 0 radical (unpaired) electrons. The number of carbonyl (C=O) groups is 4. The lowest BCUT2D eigenvalue weighted by Gasteiger charge is -2.37. The van der Waals surface area contributed by atoms with Crippen LogP contribution in [0.1, 0.15) is 50.2 Å². The number of aliphatic hydroxyl groups excluding tert-OH is 1. The summed E-state index contributed by atoms with van der Waals surface area (Å²) < 4.78 is 12.7. The van der Waals surface area contributed by atoms with Crippen LogP contribution in [0, 0.1) is 5.92 Å².